The van der Waals surface area contributed by atoms with Crippen LogP contribution in [-0.2, 0) is 27.8 Å². The molecule has 16 heavy (non-hydrogen) atoms. The molecule has 0 bridgehead atoms. The highest BCUT2D eigenvalue weighted by atomic mass is 16.5. The highest BCUT2D eigenvalue weighted by Gasteiger charge is 2.40. The minimum Gasteiger partial charge on any atom is -0.465 e. The van der Waals surface area contributed by atoms with Crippen LogP contribution in [0.25, 0.3) is 0 Å². The second kappa shape index (κ2) is 4.08. The van der Waals surface area contributed by atoms with E-state index in [1.165, 1.54) is 6.92 Å². The van der Waals surface area contributed by atoms with E-state index >= 15 is 0 Å². The van der Waals surface area contributed by atoms with Crippen LogP contribution in [0, 0.1) is 11.8 Å². The summed E-state index contributed by atoms with van der Waals surface area (Å²) in [6, 6.07) is 0. The van der Waals surface area contributed by atoms with Gasteiger partial charge in [0.05, 0.1) is 12.9 Å². The number of imidazole rings is 1. The summed E-state index contributed by atoms with van der Waals surface area (Å²) < 4.78 is 6.83. The van der Waals surface area contributed by atoms with E-state index < -0.39 is 5.92 Å². The van der Waals surface area contributed by atoms with Gasteiger partial charge in [0.25, 0.3) is 0 Å². The van der Waals surface area contributed by atoms with Gasteiger partial charge in [-0.2, -0.15) is 0 Å². The van der Waals surface area contributed by atoms with Gasteiger partial charge in [0, 0.05) is 24.9 Å². The molecule has 86 valence electrons. The fourth-order valence-corrected chi connectivity index (χ4v) is 2.09. The van der Waals surface area contributed by atoms with Crippen LogP contribution in [0.1, 0.15) is 12.6 Å². The van der Waals surface area contributed by atoms with Gasteiger partial charge in [0.1, 0.15) is 11.7 Å². The Labute approximate surface area is 93.4 Å². The van der Waals surface area contributed by atoms with Crippen molar-refractivity contribution >= 4 is 11.8 Å². The first-order chi connectivity index (χ1) is 7.59. The van der Waals surface area contributed by atoms with Crippen molar-refractivity contribution in [1.82, 2.24) is 9.55 Å². The number of aromatic nitrogens is 2. The van der Waals surface area contributed by atoms with Crippen molar-refractivity contribution < 1.29 is 14.3 Å². The molecule has 0 amide bonds. The Balaban J connectivity index is 2.13. The number of rotatable bonds is 3. The van der Waals surface area contributed by atoms with E-state index in [0.29, 0.717) is 13.0 Å². The van der Waals surface area contributed by atoms with E-state index in [0.717, 1.165) is 5.69 Å². The van der Waals surface area contributed by atoms with E-state index in [1.54, 1.807) is 12.5 Å². The minimum absolute atomic E-state index is 0.0552. The molecule has 1 fully saturated rings. The van der Waals surface area contributed by atoms with Crippen molar-refractivity contribution in [3.8, 4) is 0 Å². The van der Waals surface area contributed by atoms with Crippen molar-refractivity contribution in [3.63, 3.8) is 0 Å². The molecule has 0 saturated carbocycles. The number of ether oxygens (including phenoxy) is 1. The highest BCUT2D eigenvalue weighted by Crippen LogP contribution is 2.26. The van der Waals surface area contributed by atoms with Crippen molar-refractivity contribution in [2.45, 2.75) is 13.3 Å². The van der Waals surface area contributed by atoms with Crippen LogP contribution in [0.15, 0.2) is 12.5 Å². The van der Waals surface area contributed by atoms with Crippen LogP contribution in [0.5, 0.6) is 0 Å². The maximum Gasteiger partial charge on any atom is 0.316 e. The Bertz CT molecular complexity index is 425. The molecule has 1 unspecified atom stereocenters. The SMILES string of the molecule is CC(=O)C1C(=O)OC[C@@H]1Cc1cncn1C. The molecule has 5 nitrogen and oxygen atoms in total. The normalized spacial score (nSPS) is 24.5. The molecule has 5 heteroatoms. The van der Waals surface area contributed by atoms with Gasteiger partial charge in [-0.25, -0.2) is 4.98 Å². The van der Waals surface area contributed by atoms with Gasteiger partial charge >= 0.3 is 5.97 Å². The van der Waals surface area contributed by atoms with Crippen molar-refractivity contribution in [2.24, 2.45) is 18.9 Å². The fourth-order valence-electron chi connectivity index (χ4n) is 2.09. The summed E-state index contributed by atoms with van der Waals surface area (Å²) in [4.78, 5) is 26.7. The molecule has 0 N–H and O–H groups in total. The van der Waals surface area contributed by atoms with E-state index in [4.69, 9.17) is 4.74 Å². The van der Waals surface area contributed by atoms with Crippen molar-refractivity contribution in [2.75, 3.05) is 6.61 Å². The zero-order chi connectivity index (χ0) is 11.7. The lowest BCUT2D eigenvalue weighted by Crippen LogP contribution is -2.25. The Morgan fingerprint density at radius 3 is 3.00 bits per heavy atom. The monoisotopic (exact) mass is 222 g/mol. The van der Waals surface area contributed by atoms with Gasteiger partial charge in [-0.05, 0) is 13.3 Å². The van der Waals surface area contributed by atoms with E-state index in [9.17, 15) is 9.59 Å². The summed E-state index contributed by atoms with van der Waals surface area (Å²) >= 11 is 0. The zero-order valence-electron chi connectivity index (χ0n) is 9.34. The topological polar surface area (TPSA) is 61.2 Å². The molecule has 2 rings (SSSR count). The predicted molar refractivity (Wildman–Crippen MR) is 55.5 cm³/mol. The van der Waals surface area contributed by atoms with Gasteiger partial charge < -0.3 is 9.30 Å². The third kappa shape index (κ3) is 1.85. The Morgan fingerprint density at radius 2 is 2.44 bits per heavy atom. The average molecular weight is 222 g/mol. The molecule has 1 aliphatic rings. The van der Waals surface area contributed by atoms with E-state index in [-0.39, 0.29) is 17.7 Å². The first-order valence-corrected chi connectivity index (χ1v) is 5.22. The number of esters is 1. The molecular formula is C11H14N2O3. The van der Waals surface area contributed by atoms with Gasteiger partial charge in [0.2, 0.25) is 0 Å². The van der Waals surface area contributed by atoms with E-state index in [2.05, 4.69) is 4.98 Å². The van der Waals surface area contributed by atoms with Crippen LogP contribution < -0.4 is 0 Å². The number of carbonyl (C=O) groups excluding carboxylic acids is 2. The standard InChI is InChI=1S/C11H14N2O3/c1-7(14)10-8(5-16-11(10)15)3-9-4-12-6-13(9)2/h4,6,8,10H,3,5H2,1-2H3/t8-,10?/m0/s1. The van der Waals surface area contributed by atoms with Crippen LogP contribution in [0.4, 0.5) is 0 Å². The lowest BCUT2D eigenvalue weighted by molar-refractivity contribution is -0.144. The number of hydrogen-bond donors (Lipinski definition) is 0. The average Bonchev–Trinajstić information content (AvgIpc) is 2.75. The Kier molecular flexibility index (Phi) is 2.77. The van der Waals surface area contributed by atoms with Gasteiger partial charge in [-0.15, -0.1) is 0 Å². The molecule has 0 radical (unpaired) electrons. The summed E-state index contributed by atoms with van der Waals surface area (Å²) in [5, 5.41) is 0. The Hall–Kier alpha value is -1.65. The number of hydrogen-bond acceptors (Lipinski definition) is 4. The number of ketones is 1. The zero-order valence-corrected chi connectivity index (χ0v) is 9.34. The molecule has 2 heterocycles. The number of aryl methyl sites for hydroxylation is 1. The maximum absolute atomic E-state index is 11.4. The quantitative estimate of drug-likeness (QED) is 0.546. The number of Topliss-reactive ketones (excluding diaryl/α,β-unsaturated/α-hetero) is 1. The first kappa shape index (κ1) is 10.9. The third-order valence-electron chi connectivity index (χ3n) is 2.99. The lowest BCUT2D eigenvalue weighted by atomic mass is 9.88. The highest BCUT2D eigenvalue weighted by molar-refractivity contribution is 5.99. The van der Waals surface area contributed by atoms with Crippen LogP contribution in [-0.4, -0.2) is 27.9 Å². The molecule has 1 aromatic heterocycles. The van der Waals surface area contributed by atoms with Gasteiger partial charge in [-0.3, -0.25) is 9.59 Å². The summed E-state index contributed by atoms with van der Waals surface area (Å²) in [5.41, 5.74) is 1.01. The molecule has 0 spiro atoms. The minimum atomic E-state index is -0.602. The smallest absolute Gasteiger partial charge is 0.316 e. The molecule has 0 aromatic carbocycles. The van der Waals surface area contributed by atoms with Crippen LogP contribution in [0.3, 0.4) is 0 Å². The van der Waals surface area contributed by atoms with Gasteiger partial charge in [-0.1, -0.05) is 0 Å². The lowest BCUT2D eigenvalue weighted by Gasteiger charge is -2.12. The molecule has 1 aliphatic heterocycles. The van der Waals surface area contributed by atoms with Crippen LogP contribution in [0.2, 0.25) is 0 Å². The largest absolute Gasteiger partial charge is 0.465 e. The predicted octanol–water partition coefficient (Wildman–Crippen LogP) is 0.341. The number of nitrogens with zero attached hydrogens (tertiary/aromatic N) is 2. The molecule has 0 aliphatic carbocycles. The first-order valence-electron chi connectivity index (χ1n) is 5.22. The summed E-state index contributed by atoms with van der Waals surface area (Å²) in [6.45, 7) is 1.77. The summed E-state index contributed by atoms with van der Waals surface area (Å²) in [5.74, 6) is -1.16. The molecular weight excluding hydrogens is 208 g/mol. The fraction of sp³-hybridized carbons (Fsp3) is 0.545. The number of cyclic esters (lactones) is 1. The van der Waals surface area contributed by atoms with Gasteiger partial charge in [0.15, 0.2) is 0 Å². The number of carbonyl (C=O) groups is 2. The summed E-state index contributed by atoms with van der Waals surface area (Å²) in [6.07, 6.45) is 4.10. The second-order valence-electron chi connectivity index (χ2n) is 4.18. The summed E-state index contributed by atoms with van der Waals surface area (Å²) in [7, 11) is 1.89. The Morgan fingerprint density at radius 1 is 1.69 bits per heavy atom. The van der Waals surface area contributed by atoms with E-state index in [1.807, 2.05) is 11.6 Å². The van der Waals surface area contributed by atoms with Crippen molar-refractivity contribution in [1.29, 1.82) is 0 Å². The molecule has 2 atom stereocenters. The van der Waals surface area contributed by atoms with Crippen LogP contribution >= 0.6 is 0 Å². The molecule has 1 aromatic rings. The second-order valence-corrected chi connectivity index (χ2v) is 4.18. The van der Waals surface area contributed by atoms with Crippen molar-refractivity contribution in [3.05, 3.63) is 18.2 Å². The third-order valence-corrected chi connectivity index (χ3v) is 2.99. The maximum atomic E-state index is 11.4. The molecule has 1 saturated heterocycles.